The molecule has 0 fully saturated rings. The smallest absolute Gasteiger partial charge is 0.270 e. The zero-order valence-electron chi connectivity index (χ0n) is 16.9. The Kier molecular flexibility index (Phi) is 7.38. The zero-order chi connectivity index (χ0) is 21.5. The average molecular weight is 425 g/mol. The summed E-state index contributed by atoms with van der Waals surface area (Å²) in [6.45, 7) is 2.92. The van der Waals surface area contributed by atoms with Crippen molar-refractivity contribution in [2.24, 2.45) is 5.73 Å². The van der Waals surface area contributed by atoms with Crippen molar-refractivity contribution in [2.75, 3.05) is 0 Å². The summed E-state index contributed by atoms with van der Waals surface area (Å²) in [6.07, 6.45) is 2.33. The third-order valence-corrected chi connectivity index (χ3v) is 5.25. The van der Waals surface area contributed by atoms with E-state index in [0.717, 1.165) is 16.7 Å². The number of benzene rings is 2. The summed E-state index contributed by atoms with van der Waals surface area (Å²) in [6, 6.07) is 15.3. The molecule has 3 N–H and O–H groups in total. The van der Waals surface area contributed by atoms with Crippen LogP contribution in [0.25, 0.3) is 0 Å². The molecule has 3 aromatic rings. The van der Waals surface area contributed by atoms with E-state index in [9.17, 15) is 9.59 Å². The highest BCUT2D eigenvalue weighted by molar-refractivity contribution is 6.30. The number of halogens is 1. The lowest BCUT2D eigenvalue weighted by molar-refractivity contribution is -0.120. The summed E-state index contributed by atoms with van der Waals surface area (Å²) >= 11 is 6.05. The van der Waals surface area contributed by atoms with E-state index in [4.69, 9.17) is 17.3 Å². The highest BCUT2D eigenvalue weighted by Crippen LogP contribution is 2.16. The molecule has 0 aliphatic heterocycles. The van der Waals surface area contributed by atoms with Gasteiger partial charge >= 0.3 is 0 Å². The minimum absolute atomic E-state index is 0.00293. The van der Waals surface area contributed by atoms with Crippen LogP contribution in [0, 0.1) is 6.92 Å². The number of amides is 1. The first-order chi connectivity index (χ1) is 14.5. The predicted octanol–water partition coefficient (Wildman–Crippen LogP) is 2.77. The number of carbonyl (C=O) groups excluding carboxylic acids is 1. The second-order valence-electron chi connectivity index (χ2n) is 7.14. The number of carbonyl (C=O) groups is 1. The van der Waals surface area contributed by atoms with Crippen molar-refractivity contribution in [1.29, 1.82) is 0 Å². The Labute approximate surface area is 180 Å². The van der Waals surface area contributed by atoms with E-state index in [1.54, 1.807) is 25.3 Å². The molecule has 1 heterocycles. The summed E-state index contributed by atoms with van der Waals surface area (Å²) in [4.78, 5) is 25.4. The number of aromatic nitrogens is 2. The minimum atomic E-state index is -0.237. The third-order valence-electron chi connectivity index (χ3n) is 5.02. The van der Waals surface area contributed by atoms with Crippen LogP contribution in [0.1, 0.15) is 27.8 Å². The quantitative estimate of drug-likeness (QED) is 0.581. The van der Waals surface area contributed by atoms with Gasteiger partial charge in [-0.05, 0) is 47.7 Å². The molecule has 30 heavy (non-hydrogen) atoms. The van der Waals surface area contributed by atoms with Crippen LogP contribution in [-0.2, 0) is 37.3 Å². The van der Waals surface area contributed by atoms with Gasteiger partial charge in [0.05, 0.1) is 12.6 Å². The minimum Gasteiger partial charge on any atom is -0.352 e. The Hall–Kier alpha value is -2.96. The van der Waals surface area contributed by atoms with Crippen LogP contribution in [0.4, 0.5) is 0 Å². The van der Waals surface area contributed by atoms with E-state index in [-0.39, 0.29) is 17.9 Å². The maximum Gasteiger partial charge on any atom is 0.270 e. The first kappa shape index (κ1) is 21.7. The van der Waals surface area contributed by atoms with Gasteiger partial charge in [0.25, 0.3) is 5.56 Å². The van der Waals surface area contributed by atoms with Crippen molar-refractivity contribution in [1.82, 2.24) is 15.1 Å². The Bertz CT molecular complexity index is 1080. The molecule has 0 spiro atoms. The van der Waals surface area contributed by atoms with E-state index in [2.05, 4.69) is 10.4 Å². The molecule has 156 valence electrons. The van der Waals surface area contributed by atoms with Gasteiger partial charge in [0.1, 0.15) is 0 Å². The average Bonchev–Trinajstić information content (AvgIpc) is 2.75. The molecule has 1 aromatic heterocycles. The Morgan fingerprint density at radius 3 is 2.67 bits per heavy atom. The van der Waals surface area contributed by atoms with Crippen molar-refractivity contribution < 1.29 is 4.79 Å². The summed E-state index contributed by atoms with van der Waals surface area (Å²) in [5.41, 5.74) is 9.60. The van der Waals surface area contributed by atoms with E-state index < -0.39 is 0 Å². The van der Waals surface area contributed by atoms with Crippen LogP contribution >= 0.6 is 11.6 Å². The highest BCUT2D eigenvalue weighted by atomic mass is 35.5. The van der Waals surface area contributed by atoms with Crippen molar-refractivity contribution in [2.45, 2.75) is 39.4 Å². The molecule has 0 bridgehead atoms. The fourth-order valence-corrected chi connectivity index (χ4v) is 3.43. The maximum atomic E-state index is 12.9. The standard InChI is InChI=1S/C23H25ClN4O2/c1-16-14-27-28(10-9-17-5-3-2-4-6-17)23(30)21(16)12-22(29)26-15-19-11-20(24)8-7-18(19)13-25/h2-8,11,14H,9-10,12-13,15,25H2,1H3,(H,26,29). The van der Waals surface area contributed by atoms with Gasteiger partial charge in [0.15, 0.2) is 0 Å². The first-order valence-corrected chi connectivity index (χ1v) is 10.2. The van der Waals surface area contributed by atoms with Crippen LogP contribution in [0.2, 0.25) is 5.02 Å². The normalized spacial score (nSPS) is 10.8. The van der Waals surface area contributed by atoms with Crippen LogP contribution in [-0.4, -0.2) is 15.7 Å². The number of nitrogens with zero attached hydrogens (tertiary/aromatic N) is 2. The van der Waals surface area contributed by atoms with Crippen molar-refractivity contribution >= 4 is 17.5 Å². The Balaban J connectivity index is 1.67. The molecule has 0 aliphatic carbocycles. The number of aryl methyl sites for hydroxylation is 3. The second kappa shape index (κ2) is 10.2. The molecule has 0 aliphatic rings. The molecule has 6 nitrogen and oxygen atoms in total. The van der Waals surface area contributed by atoms with E-state index in [1.807, 2.05) is 36.4 Å². The molecule has 7 heteroatoms. The van der Waals surface area contributed by atoms with Gasteiger partial charge in [-0.25, -0.2) is 4.68 Å². The summed E-state index contributed by atoms with van der Waals surface area (Å²) < 4.78 is 1.42. The lowest BCUT2D eigenvalue weighted by Crippen LogP contribution is -2.32. The molecular weight excluding hydrogens is 400 g/mol. The van der Waals surface area contributed by atoms with Crippen molar-refractivity contribution in [3.8, 4) is 0 Å². The molecule has 3 rings (SSSR count). The summed E-state index contributed by atoms with van der Waals surface area (Å²) in [5, 5.41) is 7.68. The third kappa shape index (κ3) is 5.55. The van der Waals surface area contributed by atoms with Crippen LogP contribution in [0.3, 0.4) is 0 Å². The van der Waals surface area contributed by atoms with Gasteiger partial charge in [-0.3, -0.25) is 9.59 Å². The number of nitrogens with two attached hydrogens (primary N) is 1. The van der Waals surface area contributed by atoms with Crippen LogP contribution in [0.15, 0.2) is 59.5 Å². The van der Waals surface area contributed by atoms with Crippen molar-refractivity contribution in [3.05, 3.63) is 97.9 Å². The van der Waals surface area contributed by atoms with Gasteiger partial charge in [-0.15, -0.1) is 0 Å². The van der Waals surface area contributed by atoms with Gasteiger partial charge in [-0.1, -0.05) is 48.0 Å². The first-order valence-electron chi connectivity index (χ1n) is 9.81. The Morgan fingerprint density at radius 2 is 1.93 bits per heavy atom. The summed E-state index contributed by atoms with van der Waals surface area (Å²) in [7, 11) is 0. The summed E-state index contributed by atoms with van der Waals surface area (Å²) in [5.74, 6) is -0.237. The number of hydrogen-bond acceptors (Lipinski definition) is 4. The Morgan fingerprint density at radius 1 is 1.17 bits per heavy atom. The number of rotatable bonds is 8. The molecule has 0 radical (unpaired) electrons. The van der Waals surface area contributed by atoms with Crippen molar-refractivity contribution in [3.63, 3.8) is 0 Å². The SMILES string of the molecule is Cc1cnn(CCc2ccccc2)c(=O)c1CC(=O)NCc1cc(Cl)ccc1CN. The van der Waals surface area contributed by atoms with Gasteiger partial charge in [0, 0.05) is 30.2 Å². The highest BCUT2D eigenvalue weighted by Gasteiger charge is 2.14. The molecule has 0 saturated heterocycles. The fourth-order valence-electron chi connectivity index (χ4n) is 3.24. The monoisotopic (exact) mass is 424 g/mol. The van der Waals surface area contributed by atoms with Gasteiger partial charge in [-0.2, -0.15) is 5.10 Å². The lowest BCUT2D eigenvalue weighted by atomic mass is 10.1. The molecule has 0 atom stereocenters. The van der Waals surface area contributed by atoms with Crippen LogP contribution in [0.5, 0.6) is 0 Å². The largest absolute Gasteiger partial charge is 0.352 e. The molecule has 0 unspecified atom stereocenters. The molecule has 0 saturated carbocycles. The molecular formula is C23H25ClN4O2. The van der Waals surface area contributed by atoms with E-state index >= 15 is 0 Å². The molecule has 2 aromatic carbocycles. The number of hydrogen-bond donors (Lipinski definition) is 2. The van der Waals surface area contributed by atoms with Crippen LogP contribution < -0.4 is 16.6 Å². The number of nitrogens with one attached hydrogen (secondary N) is 1. The van der Waals surface area contributed by atoms with E-state index in [1.165, 1.54) is 4.68 Å². The lowest BCUT2D eigenvalue weighted by Gasteiger charge is -2.12. The van der Waals surface area contributed by atoms with E-state index in [0.29, 0.717) is 42.2 Å². The maximum absolute atomic E-state index is 12.9. The topological polar surface area (TPSA) is 90.0 Å². The van der Waals surface area contributed by atoms with Gasteiger partial charge < -0.3 is 11.1 Å². The predicted molar refractivity (Wildman–Crippen MR) is 118 cm³/mol. The van der Waals surface area contributed by atoms with Gasteiger partial charge in [0.2, 0.25) is 5.91 Å². The zero-order valence-corrected chi connectivity index (χ0v) is 17.7. The molecule has 1 amide bonds. The fraction of sp³-hybridized carbons (Fsp3) is 0.261. The second-order valence-corrected chi connectivity index (χ2v) is 7.58.